The zero-order valence-electron chi connectivity index (χ0n) is 19.5. The highest BCUT2D eigenvalue weighted by molar-refractivity contribution is 5.80. The second-order valence-electron chi connectivity index (χ2n) is 9.20. The van der Waals surface area contributed by atoms with Crippen molar-refractivity contribution in [3.63, 3.8) is 0 Å². The van der Waals surface area contributed by atoms with Gasteiger partial charge in [-0.2, -0.15) is 0 Å². The van der Waals surface area contributed by atoms with Gasteiger partial charge in [-0.1, -0.05) is 55.5 Å². The molecule has 2 N–H and O–H groups in total. The second-order valence-corrected chi connectivity index (χ2v) is 9.20. The Labute approximate surface area is 200 Å². The van der Waals surface area contributed by atoms with E-state index in [4.69, 9.17) is 9.84 Å². The molecule has 34 heavy (non-hydrogen) atoms. The summed E-state index contributed by atoms with van der Waals surface area (Å²) in [7, 11) is 0. The Balaban J connectivity index is 1.23. The smallest absolute Gasteiger partial charge is 0.407 e. The predicted octanol–water partition coefficient (Wildman–Crippen LogP) is 4.41. The monoisotopic (exact) mass is 464 g/mol. The van der Waals surface area contributed by atoms with Crippen molar-refractivity contribution in [2.75, 3.05) is 19.7 Å². The normalized spacial score (nSPS) is 17.7. The van der Waals surface area contributed by atoms with Crippen molar-refractivity contribution < 1.29 is 24.2 Å². The molecule has 0 saturated carbocycles. The topological polar surface area (TPSA) is 95.9 Å². The number of benzene rings is 2. The summed E-state index contributed by atoms with van der Waals surface area (Å²) in [5.74, 6) is -1.04. The van der Waals surface area contributed by atoms with Gasteiger partial charge in [0, 0.05) is 37.4 Å². The standard InChI is InChI=1S/C27H32N2O5/c1-18(26(32)29-16-6-7-19(29)12-13-25(30)31)14-15-28-27(33)34-17-24-22-10-4-2-8-20(22)21-9-3-5-11-23(21)24/h2-5,8-11,18-19,24H,6-7,12-17H2,1H3,(H,28,33)(H,30,31). The molecule has 2 atom stereocenters. The minimum Gasteiger partial charge on any atom is -0.481 e. The van der Waals surface area contributed by atoms with E-state index in [-0.39, 0.29) is 36.8 Å². The number of carbonyl (C=O) groups excluding carboxylic acids is 2. The Morgan fingerprint density at radius 3 is 2.38 bits per heavy atom. The average molecular weight is 465 g/mol. The number of amides is 2. The van der Waals surface area contributed by atoms with E-state index in [2.05, 4.69) is 29.6 Å². The number of nitrogens with zero attached hydrogens (tertiary/aromatic N) is 1. The van der Waals surface area contributed by atoms with E-state index in [1.165, 1.54) is 22.3 Å². The Morgan fingerprint density at radius 1 is 1.09 bits per heavy atom. The molecule has 4 rings (SSSR count). The van der Waals surface area contributed by atoms with Crippen molar-refractivity contribution in [3.05, 3.63) is 59.7 Å². The van der Waals surface area contributed by atoms with Crippen LogP contribution in [-0.4, -0.2) is 53.7 Å². The van der Waals surface area contributed by atoms with Gasteiger partial charge >= 0.3 is 12.1 Å². The minimum atomic E-state index is -0.834. The van der Waals surface area contributed by atoms with Crippen LogP contribution < -0.4 is 5.32 Å². The van der Waals surface area contributed by atoms with Crippen LogP contribution in [0.25, 0.3) is 11.1 Å². The highest BCUT2D eigenvalue weighted by atomic mass is 16.5. The van der Waals surface area contributed by atoms with Crippen LogP contribution in [0.5, 0.6) is 0 Å². The number of alkyl carbamates (subject to hydrolysis) is 1. The van der Waals surface area contributed by atoms with Crippen LogP contribution in [0, 0.1) is 5.92 Å². The lowest BCUT2D eigenvalue weighted by Gasteiger charge is -2.27. The number of ether oxygens (including phenoxy) is 1. The van der Waals surface area contributed by atoms with Crippen molar-refractivity contribution in [1.29, 1.82) is 0 Å². The lowest BCUT2D eigenvalue weighted by atomic mass is 9.98. The van der Waals surface area contributed by atoms with Gasteiger partial charge in [0.2, 0.25) is 5.91 Å². The summed E-state index contributed by atoms with van der Waals surface area (Å²) in [5, 5.41) is 11.7. The number of aliphatic carboxylic acids is 1. The molecule has 1 aliphatic heterocycles. The van der Waals surface area contributed by atoms with Crippen LogP contribution in [0.4, 0.5) is 4.79 Å². The van der Waals surface area contributed by atoms with Crippen molar-refractivity contribution in [2.45, 2.75) is 51.0 Å². The molecule has 0 bridgehead atoms. The largest absolute Gasteiger partial charge is 0.481 e. The molecule has 7 nitrogen and oxygen atoms in total. The summed E-state index contributed by atoms with van der Waals surface area (Å²) >= 11 is 0. The Morgan fingerprint density at radius 2 is 1.74 bits per heavy atom. The fourth-order valence-electron chi connectivity index (χ4n) is 5.16. The fourth-order valence-corrected chi connectivity index (χ4v) is 5.16. The Kier molecular flexibility index (Phi) is 7.50. The van der Waals surface area contributed by atoms with Gasteiger partial charge < -0.3 is 20.1 Å². The maximum absolute atomic E-state index is 12.8. The molecule has 0 radical (unpaired) electrons. The molecular weight excluding hydrogens is 432 g/mol. The van der Waals surface area contributed by atoms with Crippen LogP contribution in [0.2, 0.25) is 0 Å². The lowest BCUT2D eigenvalue weighted by molar-refractivity contribution is -0.140. The molecule has 0 aromatic heterocycles. The highest BCUT2D eigenvalue weighted by Gasteiger charge is 2.32. The number of carbonyl (C=O) groups is 3. The van der Waals surface area contributed by atoms with Crippen molar-refractivity contribution in [3.8, 4) is 11.1 Å². The first-order valence-corrected chi connectivity index (χ1v) is 12.1. The number of nitrogens with one attached hydrogen (secondary N) is 1. The maximum Gasteiger partial charge on any atom is 0.407 e. The van der Waals surface area contributed by atoms with Gasteiger partial charge in [-0.05, 0) is 47.9 Å². The molecule has 1 aliphatic carbocycles. The van der Waals surface area contributed by atoms with E-state index >= 15 is 0 Å². The van der Waals surface area contributed by atoms with Crippen molar-refractivity contribution in [1.82, 2.24) is 10.2 Å². The third-order valence-corrected chi connectivity index (χ3v) is 6.96. The van der Waals surface area contributed by atoms with E-state index in [0.717, 1.165) is 12.8 Å². The quantitative estimate of drug-likeness (QED) is 0.573. The molecule has 2 aromatic rings. The Bertz CT molecular complexity index is 1010. The summed E-state index contributed by atoms with van der Waals surface area (Å²) in [6, 6.07) is 16.4. The molecule has 1 heterocycles. The van der Waals surface area contributed by atoms with Gasteiger partial charge in [-0.15, -0.1) is 0 Å². The molecule has 1 saturated heterocycles. The van der Waals surface area contributed by atoms with Crippen molar-refractivity contribution in [2.24, 2.45) is 5.92 Å². The molecular formula is C27H32N2O5. The predicted molar refractivity (Wildman–Crippen MR) is 128 cm³/mol. The van der Waals surface area contributed by atoms with Gasteiger partial charge in [0.25, 0.3) is 0 Å². The van der Waals surface area contributed by atoms with E-state index in [0.29, 0.717) is 25.9 Å². The van der Waals surface area contributed by atoms with Crippen LogP contribution in [-0.2, 0) is 14.3 Å². The molecule has 2 aliphatic rings. The number of fused-ring (bicyclic) bond motifs is 3. The first-order valence-electron chi connectivity index (χ1n) is 12.1. The third-order valence-electron chi connectivity index (χ3n) is 6.96. The van der Waals surface area contributed by atoms with E-state index in [1.807, 2.05) is 36.1 Å². The van der Waals surface area contributed by atoms with Crippen molar-refractivity contribution >= 4 is 18.0 Å². The first-order chi connectivity index (χ1) is 16.5. The number of carboxylic acid groups (broad SMARTS) is 1. The number of rotatable bonds is 9. The summed E-state index contributed by atoms with van der Waals surface area (Å²) in [6.07, 6.45) is 2.34. The van der Waals surface area contributed by atoms with Gasteiger partial charge in [0.15, 0.2) is 0 Å². The van der Waals surface area contributed by atoms with Crippen LogP contribution in [0.1, 0.15) is 56.1 Å². The van der Waals surface area contributed by atoms with Crippen LogP contribution in [0.15, 0.2) is 48.5 Å². The lowest BCUT2D eigenvalue weighted by Crippen LogP contribution is -2.40. The SMILES string of the molecule is CC(CCNC(=O)OCC1c2ccccc2-c2ccccc21)C(=O)N1CCCC1CCC(=O)O. The number of hydrogen-bond donors (Lipinski definition) is 2. The van der Waals surface area contributed by atoms with Gasteiger partial charge in [-0.3, -0.25) is 9.59 Å². The molecule has 0 spiro atoms. The van der Waals surface area contributed by atoms with E-state index in [1.54, 1.807) is 0 Å². The molecule has 2 aromatic carbocycles. The summed E-state index contributed by atoms with van der Waals surface area (Å²) in [5.41, 5.74) is 4.70. The highest BCUT2D eigenvalue weighted by Crippen LogP contribution is 2.44. The molecule has 180 valence electrons. The van der Waals surface area contributed by atoms with E-state index < -0.39 is 12.1 Å². The zero-order valence-corrected chi connectivity index (χ0v) is 19.5. The van der Waals surface area contributed by atoms with E-state index in [9.17, 15) is 14.4 Å². The maximum atomic E-state index is 12.8. The summed E-state index contributed by atoms with van der Waals surface area (Å²) in [4.78, 5) is 37.9. The van der Waals surface area contributed by atoms with Gasteiger partial charge in [0.05, 0.1) is 0 Å². The number of likely N-dealkylation sites (tertiary alicyclic amines) is 1. The van der Waals surface area contributed by atoms with Crippen LogP contribution in [0.3, 0.4) is 0 Å². The van der Waals surface area contributed by atoms with Crippen LogP contribution >= 0.6 is 0 Å². The summed E-state index contributed by atoms with van der Waals surface area (Å²) < 4.78 is 5.55. The first kappa shape index (κ1) is 23.8. The molecule has 1 fully saturated rings. The number of hydrogen-bond acceptors (Lipinski definition) is 4. The van der Waals surface area contributed by atoms with Gasteiger partial charge in [-0.25, -0.2) is 4.79 Å². The molecule has 7 heteroatoms. The average Bonchev–Trinajstić information content (AvgIpc) is 3.43. The third kappa shape index (κ3) is 5.24. The Hall–Kier alpha value is -3.35. The minimum absolute atomic E-state index is 0.00106. The second kappa shape index (κ2) is 10.7. The molecule has 2 amide bonds. The molecule has 2 unspecified atom stereocenters. The summed E-state index contributed by atoms with van der Waals surface area (Å²) in [6.45, 7) is 3.13. The number of carboxylic acids is 1. The van der Waals surface area contributed by atoms with Gasteiger partial charge in [0.1, 0.15) is 6.61 Å². The fraction of sp³-hybridized carbons (Fsp3) is 0.444. The zero-order chi connectivity index (χ0) is 24.1.